The first kappa shape index (κ1) is 15.9. The standard InChI is InChI=1S/C11H14ClNO5S/c1-6(14)5-13-19(17,18)10-4-8(12)3-9(7(10)2)11(15)16/h3-4,6,13-14H,5H2,1-2H3,(H,15,16)/t6-/m0/s1. The van der Waals surface area contributed by atoms with Crippen molar-refractivity contribution in [3.05, 3.63) is 28.3 Å². The zero-order valence-electron chi connectivity index (χ0n) is 10.3. The number of hydrogen-bond donors (Lipinski definition) is 3. The lowest BCUT2D eigenvalue weighted by molar-refractivity contribution is 0.0695. The van der Waals surface area contributed by atoms with Crippen molar-refractivity contribution >= 4 is 27.6 Å². The van der Waals surface area contributed by atoms with E-state index in [-0.39, 0.29) is 27.6 Å². The van der Waals surface area contributed by atoms with Crippen molar-refractivity contribution in [3.63, 3.8) is 0 Å². The summed E-state index contributed by atoms with van der Waals surface area (Å²) < 4.78 is 26.2. The van der Waals surface area contributed by atoms with Crippen LogP contribution in [0.1, 0.15) is 22.8 Å². The molecular formula is C11H14ClNO5S. The van der Waals surface area contributed by atoms with Gasteiger partial charge in [-0.05, 0) is 31.5 Å². The average molecular weight is 308 g/mol. The van der Waals surface area contributed by atoms with E-state index in [4.69, 9.17) is 21.8 Å². The number of halogens is 1. The fourth-order valence-corrected chi connectivity index (χ4v) is 3.16. The van der Waals surface area contributed by atoms with Gasteiger partial charge in [0, 0.05) is 11.6 Å². The van der Waals surface area contributed by atoms with E-state index in [9.17, 15) is 13.2 Å². The van der Waals surface area contributed by atoms with E-state index in [0.717, 1.165) is 0 Å². The van der Waals surface area contributed by atoms with E-state index in [0.29, 0.717) is 0 Å². The highest BCUT2D eigenvalue weighted by Crippen LogP contribution is 2.24. The Bertz CT molecular complexity index is 597. The molecule has 0 heterocycles. The van der Waals surface area contributed by atoms with Crippen molar-refractivity contribution in [1.29, 1.82) is 0 Å². The van der Waals surface area contributed by atoms with Gasteiger partial charge in [-0.3, -0.25) is 0 Å². The summed E-state index contributed by atoms with van der Waals surface area (Å²) in [4.78, 5) is 10.8. The molecule has 106 valence electrons. The molecule has 1 aromatic rings. The molecule has 0 aliphatic heterocycles. The molecule has 3 N–H and O–H groups in total. The predicted octanol–water partition coefficient (Wildman–Crippen LogP) is 1.01. The maximum Gasteiger partial charge on any atom is 0.336 e. The van der Waals surface area contributed by atoms with Gasteiger partial charge in [-0.1, -0.05) is 11.6 Å². The lowest BCUT2D eigenvalue weighted by atomic mass is 10.1. The van der Waals surface area contributed by atoms with Gasteiger partial charge in [0.1, 0.15) is 0 Å². The second kappa shape index (κ2) is 5.87. The Labute approximate surface area is 116 Å². The first-order chi connectivity index (χ1) is 8.65. The monoisotopic (exact) mass is 307 g/mol. The SMILES string of the molecule is Cc1c(C(=O)O)cc(Cl)cc1S(=O)(=O)NC[C@H](C)O. The zero-order valence-corrected chi connectivity index (χ0v) is 11.9. The number of benzene rings is 1. The Balaban J connectivity index is 3.31. The van der Waals surface area contributed by atoms with Crippen LogP contribution in [-0.4, -0.2) is 37.2 Å². The van der Waals surface area contributed by atoms with Crippen molar-refractivity contribution < 1.29 is 23.4 Å². The van der Waals surface area contributed by atoms with Crippen LogP contribution < -0.4 is 4.72 Å². The van der Waals surface area contributed by atoms with Crippen molar-refractivity contribution in [2.45, 2.75) is 24.8 Å². The van der Waals surface area contributed by atoms with Crippen LogP contribution in [0.15, 0.2) is 17.0 Å². The van der Waals surface area contributed by atoms with E-state index in [1.165, 1.54) is 26.0 Å². The molecule has 8 heteroatoms. The Kier molecular flexibility index (Phi) is 4.92. The maximum absolute atomic E-state index is 12.0. The third kappa shape index (κ3) is 3.90. The Morgan fingerprint density at radius 3 is 2.53 bits per heavy atom. The molecule has 0 bridgehead atoms. The minimum Gasteiger partial charge on any atom is -0.478 e. The molecule has 1 aromatic carbocycles. The summed E-state index contributed by atoms with van der Waals surface area (Å²) in [7, 11) is -3.92. The summed E-state index contributed by atoms with van der Waals surface area (Å²) in [6, 6.07) is 2.36. The average Bonchev–Trinajstić information content (AvgIpc) is 2.28. The molecule has 0 saturated heterocycles. The van der Waals surface area contributed by atoms with Gasteiger partial charge in [0.2, 0.25) is 10.0 Å². The molecule has 6 nitrogen and oxygen atoms in total. The Morgan fingerprint density at radius 1 is 1.47 bits per heavy atom. The van der Waals surface area contributed by atoms with E-state index < -0.39 is 22.1 Å². The van der Waals surface area contributed by atoms with Crippen LogP contribution in [0.2, 0.25) is 5.02 Å². The van der Waals surface area contributed by atoms with E-state index in [2.05, 4.69) is 4.72 Å². The van der Waals surface area contributed by atoms with E-state index in [1.54, 1.807) is 0 Å². The van der Waals surface area contributed by atoms with Gasteiger partial charge in [0.15, 0.2) is 0 Å². The fraction of sp³-hybridized carbons (Fsp3) is 0.364. The highest BCUT2D eigenvalue weighted by molar-refractivity contribution is 7.89. The van der Waals surface area contributed by atoms with Crippen LogP contribution in [0.25, 0.3) is 0 Å². The van der Waals surface area contributed by atoms with Gasteiger partial charge in [0.25, 0.3) is 0 Å². The first-order valence-corrected chi connectivity index (χ1v) is 7.22. The minimum absolute atomic E-state index is 0.0143. The summed E-state index contributed by atoms with van der Waals surface area (Å²) in [5.74, 6) is -1.26. The molecule has 1 rings (SSSR count). The van der Waals surface area contributed by atoms with Crippen LogP contribution in [0, 0.1) is 6.92 Å². The van der Waals surface area contributed by atoms with Crippen molar-refractivity contribution in [2.75, 3.05) is 6.54 Å². The largest absolute Gasteiger partial charge is 0.478 e. The number of aliphatic hydroxyl groups excluding tert-OH is 1. The molecule has 0 saturated carbocycles. The van der Waals surface area contributed by atoms with E-state index in [1.807, 2.05) is 0 Å². The number of aliphatic hydroxyl groups is 1. The molecule has 0 aromatic heterocycles. The molecule has 0 unspecified atom stereocenters. The van der Waals surface area contributed by atoms with Crippen LogP contribution >= 0.6 is 11.6 Å². The van der Waals surface area contributed by atoms with Gasteiger partial charge in [-0.2, -0.15) is 0 Å². The molecule has 0 radical (unpaired) electrons. The second-order valence-corrected chi connectivity index (χ2v) is 6.25. The molecule has 0 fully saturated rings. The van der Waals surface area contributed by atoms with E-state index >= 15 is 0 Å². The quantitative estimate of drug-likeness (QED) is 0.753. The first-order valence-electron chi connectivity index (χ1n) is 5.36. The fourth-order valence-electron chi connectivity index (χ4n) is 1.46. The normalized spacial score (nSPS) is 13.3. The predicted molar refractivity (Wildman–Crippen MR) is 70.0 cm³/mol. The zero-order chi connectivity index (χ0) is 14.8. The van der Waals surface area contributed by atoms with Crippen LogP contribution in [0.5, 0.6) is 0 Å². The van der Waals surface area contributed by atoms with Gasteiger partial charge < -0.3 is 10.2 Å². The van der Waals surface area contributed by atoms with Crippen molar-refractivity contribution in [3.8, 4) is 0 Å². The molecule has 1 atom stereocenters. The second-order valence-electron chi connectivity index (χ2n) is 4.08. The summed E-state index contributed by atoms with van der Waals surface area (Å²) in [5, 5.41) is 18.1. The Morgan fingerprint density at radius 2 is 2.05 bits per heavy atom. The maximum atomic E-state index is 12.0. The highest BCUT2D eigenvalue weighted by Gasteiger charge is 2.22. The number of sulfonamides is 1. The van der Waals surface area contributed by atoms with Gasteiger partial charge in [-0.15, -0.1) is 0 Å². The third-order valence-corrected chi connectivity index (χ3v) is 4.18. The third-order valence-electron chi connectivity index (χ3n) is 2.41. The molecule has 0 aliphatic rings. The molecule has 0 spiro atoms. The minimum atomic E-state index is -3.92. The Hall–Kier alpha value is -1.15. The highest BCUT2D eigenvalue weighted by atomic mass is 35.5. The van der Waals surface area contributed by atoms with Crippen molar-refractivity contribution in [2.24, 2.45) is 0 Å². The summed E-state index contributed by atoms with van der Waals surface area (Å²) in [5.41, 5.74) is -0.0834. The lowest BCUT2D eigenvalue weighted by Crippen LogP contribution is -2.31. The van der Waals surface area contributed by atoms with Gasteiger partial charge >= 0.3 is 5.97 Å². The van der Waals surface area contributed by atoms with Gasteiger partial charge in [0.05, 0.1) is 16.6 Å². The lowest BCUT2D eigenvalue weighted by Gasteiger charge is -2.12. The number of carbonyl (C=O) groups is 1. The summed E-state index contributed by atoms with van der Waals surface area (Å²) in [6.45, 7) is 2.64. The number of aromatic carboxylic acids is 1. The number of rotatable bonds is 5. The molecule has 0 aliphatic carbocycles. The van der Waals surface area contributed by atoms with Crippen LogP contribution in [0.3, 0.4) is 0 Å². The molecular weight excluding hydrogens is 294 g/mol. The smallest absolute Gasteiger partial charge is 0.336 e. The summed E-state index contributed by atoms with van der Waals surface area (Å²) in [6.07, 6.45) is -0.854. The summed E-state index contributed by atoms with van der Waals surface area (Å²) >= 11 is 5.73. The number of hydrogen-bond acceptors (Lipinski definition) is 4. The number of carboxylic acids is 1. The number of nitrogens with one attached hydrogen (secondary N) is 1. The molecule has 19 heavy (non-hydrogen) atoms. The number of carboxylic acid groups (broad SMARTS) is 1. The van der Waals surface area contributed by atoms with Crippen LogP contribution in [0.4, 0.5) is 0 Å². The van der Waals surface area contributed by atoms with Crippen molar-refractivity contribution in [1.82, 2.24) is 4.72 Å². The van der Waals surface area contributed by atoms with Gasteiger partial charge in [-0.25, -0.2) is 17.9 Å². The van der Waals surface area contributed by atoms with Crippen LogP contribution in [-0.2, 0) is 10.0 Å². The molecule has 0 amide bonds. The topological polar surface area (TPSA) is 104 Å².